The molecule has 2 heterocycles. The van der Waals surface area contributed by atoms with Crippen molar-refractivity contribution in [2.24, 2.45) is 5.92 Å². The van der Waals surface area contributed by atoms with Crippen LogP contribution in [0.5, 0.6) is 0 Å². The van der Waals surface area contributed by atoms with Crippen LogP contribution in [0.1, 0.15) is 0 Å². The Morgan fingerprint density at radius 2 is 2.11 bits per heavy atom. The molecule has 0 atom stereocenters. The van der Waals surface area contributed by atoms with Crippen LogP contribution in [0, 0.1) is 5.92 Å². The number of nitrogens with one attached hydrogen (secondary N) is 1. The molecular formula is C10H14ClN5O2. The fraction of sp³-hybridized carbons (Fsp3) is 0.500. The van der Waals surface area contributed by atoms with Gasteiger partial charge in [0.05, 0.1) is 6.33 Å². The van der Waals surface area contributed by atoms with Crippen molar-refractivity contribution in [2.75, 3.05) is 25.6 Å². The number of hydrogen-bond donors (Lipinski definition) is 3. The second kappa shape index (κ2) is 5.47. The molecule has 98 valence electrons. The number of anilines is 1. The first-order chi connectivity index (χ1) is 8.69. The van der Waals surface area contributed by atoms with Gasteiger partial charge in [0.2, 0.25) is 5.28 Å². The van der Waals surface area contributed by atoms with Crippen LogP contribution in [0.4, 0.5) is 5.82 Å². The maximum absolute atomic E-state index is 9.09. The number of fused-ring (bicyclic) bond motifs is 1. The molecule has 0 unspecified atom stereocenters. The number of nitrogens with zero attached hydrogens (tertiary/aromatic N) is 4. The van der Waals surface area contributed by atoms with Crippen molar-refractivity contribution in [3.8, 4) is 0 Å². The summed E-state index contributed by atoms with van der Waals surface area (Å²) >= 11 is 5.83. The van der Waals surface area contributed by atoms with Gasteiger partial charge in [-0.05, 0) is 11.6 Å². The fourth-order valence-electron chi connectivity index (χ4n) is 1.68. The average Bonchev–Trinajstić information content (AvgIpc) is 2.77. The van der Waals surface area contributed by atoms with E-state index < -0.39 is 0 Å². The SMILES string of the molecule is CNc1nc(Cl)nc2c1ncn2CC(CO)CO. The highest BCUT2D eigenvalue weighted by Crippen LogP contribution is 2.20. The van der Waals surface area contributed by atoms with Gasteiger partial charge in [-0.2, -0.15) is 9.97 Å². The Hall–Kier alpha value is -1.44. The standard InChI is InChI=1S/C10H14ClN5O2/c1-12-8-7-9(15-10(11)14-8)16(5-13-7)2-6(3-17)4-18/h5-6,17-18H,2-4H2,1H3,(H,12,14,15). The molecule has 0 spiro atoms. The normalized spacial score (nSPS) is 11.4. The van der Waals surface area contributed by atoms with E-state index in [-0.39, 0.29) is 24.4 Å². The first kappa shape index (κ1) is 13.0. The zero-order valence-corrected chi connectivity index (χ0v) is 10.6. The summed E-state index contributed by atoms with van der Waals surface area (Å²) in [6.07, 6.45) is 1.59. The summed E-state index contributed by atoms with van der Waals surface area (Å²) in [4.78, 5) is 12.3. The minimum absolute atomic E-state index is 0.103. The number of aromatic nitrogens is 4. The number of halogens is 1. The molecule has 0 radical (unpaired) electrons. The highest BCUT2D eigenvalue weighted by Gasteiger charge is 2.14. The molecule has 2 aromatic rings. The Kier molecular flexibility index (Phi) is 3.95. The zero-order chi connectivity index (χ0) is 13.1. The highest BCUT2D eigenvalue weighted by atomic mass is 35.5. The van der Waals surface area contributed by atoms with Crippen molar-refractivity contribution in [2.45, 2.75) is 6.54 Å². The second-order valence-corrected chi connectivity index (χ2v) is 4.23. The van der Waals surface area contributed by atoms with Crippen LogP contribution in [0.15, 0.2) is 6.33 Å². The van der Waals surface area contributed by atoms with Crippen LogP contribution in [0.2, 0.25) is 5.28 Å². The maximum atomic E-state index is 9.09. The fourth-order valence-corrected chi connectivity index (χ4v) is 1.84. The maximum Gasteiger partial charge on any atom is 0.226 e. The Balaban J connectivity index is 2.43. The Labute approximate surface area is 108 Å². The Bertz CT molecular complexity index is 540. The van der Waals surface area contributed by atoms with E-state index in [2.05, 4.69) is 20.3 Å². The summed E-state index contributed by atoms with van der Waals surface area (Å²) in [5, 5.41) is 21.2. The molecule has 0 aliphatic rings. The molecule has 2 aromatic heterocycles. The quantitative estimate of drug-likeness (QED) is 0.669. The van der Waals surface area contributed by atoms with Crippen molar-refractivity contribution in [1.82, 2.24) is 19.5 Å². The van der Waals surface area contributed by atoms with E-state index in [1.807, 2.05) is 0 Å². The molecule has 2 rings (SSSR count). The molecule has 0 aliphatic heterocycles. The van der Waals surface area contributed by atoms with Gasteiger partial charge >= 0.3 is 0 Å². The van der Waals surface area contributed by atoms with Gasteiger partial charge in [0, 0.05) is 32.7 Å². The van der Waals surface area contributed by atoms with Gasteiger partial charge in [-0.25, -0.2) is 4.98 Å². The second-order valence-electron chi connectivity index (χ2n) is 3.89. The minimum Gasteiger partial charge on any atom is -0.396 e. The minimum atomic E-state index is -0.255. The van der Waals surface area contributed by atoms with Crippen LogP contribution < -0.4 is 5.32 Å². The van der Waals surface area contributed by atoms with Crippen LogP contribution >= 0.6 is 11.6 Å². The van der Waals surface area contributed by atoms with Crippen molar-refractivity contribution < 1.29 is 10.2 Å². The van der Waals surface area contributed by atoms with Gasteiger partial charge in [-0.15, -0.1) is 0 Å². The predicted molar refractivity (Wildman–Crippen MR) is 67.5 cm³/mol. The summed E-state index contributed by atoms with van der Waals surface area (Å²) in [6, 6.07) is 0. The molecule has 0 saturated heterocycles. The van der Waals surface area contributed by atoms with Gasteiger partial charge in [-0.1, -0.05) is 0 Å². The van der Waals surface area contributed by atoms with E-state index in [9.17, 15) is 0 Å². The number of imidazole rings is 1. The number of rotatable bonds is 5. The molecule has 0 saturated carbocycles. The van der Waals surface area contributed by atoms with Crippen molar-refractivity contribution in [1.29, 1.82) is 0 Å². The summed E-state index contributed by atoms with van der Waals surface area (Å²) in [7, 11) is 1.72. The van der Waals surface area contributed by atoms with Gasteiger partial charge in [0.25, 0.3) is 0 Å². The molecule has 8 heteroatoms. The molecule has 0 amide bonds. The van der Waals surface area contributed by atoms with Crippen LogP contribution in [-0.4, -0.2) is 50.0 Å². The molecule has 0 aliphatic carbocycles. The third-order valence-corrected chi connectivity index (χ3v) is 2.81. The third-order valence-electron chi connectivity index (χ3n) is 2.64. The Morgan fingerprint density at radius 1 is 1.39 bits per heavy atom. The molecule has 3 N–H and O–H groups in total. The largest absolute Gasteiger partial charge is 0.396 e. The summed E-state index contributed by atoms with van der Waals surface area (Å²) in [5.41, 5.74) is 1.18. The van der Waals surface area contributed by atoms with Crippen LogP contribution in [0.25, 0.3) is 11.2 Å². The average molecular weight is 272 g/mol. The lowest BCUT2D eigenvalue weighted by Crippen LogP contribution is -2.18. The lowest BCUT2D eigenvalue weighted by molar-refractivity contribution is 0.138. The van der Waals surface area contributed by atoms with Crippen molar-refractivity contribution >= 4 is 28.6 Å². The topological polar surface area (TPSA) is 96.1 Å². The molecule has 0 bridgehead atoms. The van der Waals surface area contributed by atoms with E-state index in [1.54, 1.807) is 17.9 Å². The monoisotopic (exact) mass is 271 g/mol. The van der Waals surface area contributed by atoms with Crippen LogP contribution in [0.3, 0.4) is 0 Å². The van der Waals surface area contributed by atoms with Crippen molar-refractivity contribution in [3.63, 3.8) is 0 Å². The lowest BCUT2D eigenvalue weighted by Gasteiger charge is -2.11. The van der Waals surface area contributed by atoms with Crippen molar-refractivity contribution in [3.05, 3.63) is 11.6 Å². The predicted octanol–water partition coefficient (Wildman–Crippen LogP) is 0.122. The molecule has 0 aromatic carbocycles. The van der Waals surface area contributed by atoms with E-state index in [0.29, 0.717) is 23.5 Å². The van der Waals surface area contributed by atoms with Gasteiger partial charge < -0.3 is 20.1 Å². The third kappa shape index (κ3) is 2.38. The summed E-state index contributed by atoms with van der Waals surface area (Å²) in [6.45, 7) is 0.210. The van der Waals surface area contributed by atoms with Gasteiger partial charge in [-0.3, -0.25) is 0 Å². The Morgan fingerprint density at radius 3 is 2.72 bits per heavy atom. The summed E-state index contributed by atoms with van der Waals surface area (Å²) in [5.74, 6) is 0.294. The first-order valence-electron chi connectivity index (χ1n) is 5.47. The number of aliphatic hydroxyl groups excluding tert-OH is 2. The molecule has 7 nitrogen and oxygen atoms in total. The first-order valence-corrected chi connectivity index (χ1v) is 5.85. The van der Waals surface area contributed by atoms with E-state index in [4.69, 9.17) is 21.8 Å². The molecule has 18 heavy (non-hydrogen) atoms. The smallest absolute Gasteiger partial charge is 0.226 e. The number of hydrogen-bond acceptors (Lipinski definition) is 6. The van der Waals surface area contributed by atoms with E-state index in [0.717, 1.165) is 0 Å². The number of aliphatic hydroxyl groups is 2. The lowest BCUT2D eigenvalue weighted by atomic mass is 10.2. The van der Waals surface area contributed by atoms with Gasteiger partial charge in [0.15, 0.2) is 17.0 Å². The van der Waals surface area contributed by atoms with Gasteiger partial charge in [0.1, 0.15) is 0 Å². The zero-order valence-electron chi connectivity index (χ0n) is 9.84. The molecule has 0 fully saturated rings. The van der Waals surface area contributed by atoms with E-state index in [1.165, 1.54) is 0 Å². The highest BCUT2D eigenvalue weighted by molar-refractivity contribution is 6.28. The van der Waals surface area contributed by atoms with E-state index >= 15 is 0 Å². The van der Waals surface area contributed by atoms with Crippen LogP contribution in [-0.2, 0) is 6.54 Å². The summed E-state index contributed by atoms with van der Waals surface area (Å²) < 4.78 is 1.74. The molecular weight excluding hydrogens is 258 g/mol.